The lowest BCUT2D eigenvalue weighted by molar-refractivity contribution is 0.110. The first kappa shape index (κ1) is 13.7. The lowest BCUT2D eigenvalue weighted by Gasteiger charge is -2.36. The number of benzene rings is 1. The lowest BCUT2D eigenvalue weighted by Crippen LogP contribution is -2.37. The Hall–Kier alpha value is -0.770. The highest BCUT2D eigenvalue weighted by molar-refractivity contribution is 6.33. The maximum Gasteiger partial charge on any atom is 0.0702 e. The van der Waals surface area contributed by atoms with E-state index in [0.717, 1.165) is 37.2 Å². The minimum atomic E-state index is -0.240. The van der Waals surface area contributed by atoms with Crippen molar-refractivity contribution in [3.63, 3.8) is 0 Å². The van der Waals surface area contributed by atoms with E-state index in [1.807, 2.05) is 25.1 Å². The highest BCUT2D eigenvalue weighted by Crippen LogP contribution is 2.33. The van der Waals surface area contributed by atoms with Crippen LogP contribution >= 0.6 is 11.6 Å². The molecule has 0 amide bonds. The van der Waals surface area contributed by atoms with E-state index >= 15 is 0 Å². The molecule has 2 N–H and O–H groups in total. The van der Waals surface area contributed by atoms with Gasteiger partial charge in [0.2, 0.25) is 0 Å². The van der Waals surface area contributed by atoms with Crippen molar-refractivity contribution in [2.45, 2.75) is 32.5 Å². The molecule has 0 spiro atoms. The molecule has 0 radical (unpaired) electrons. The summed E-state index contributed by atoms with van der Waals surface area (Å²) in [6.45, 7) is 3.62. The Morgan fingerprint density at radius 3 is 2.61 bits per heavy atom. The topological polar surface area (TPSA) is 43.7 Å². The van der Waals surface area contributed by atoms with Crippen molar-refractivity contribution in [1.82, 2.24) is 0 Å². The molecule has 0 bridgehead atoms. The fourth-order valence-corrected chi connectivity index (χ4v) is 2.96. The summed E-state index contributed by atoms with van der Waals surface area (Å²) in [5, 5.41) is 19.7. The third kappa shape index (κ3) is 2.79. The fraction of sp³-hybridized carbons (Fsp3) is 0.571. The summed E-state index contributed by atoms with van der Waals surface area (Å²) >= 11 is 6.24. The number of hydrogen-bond acceptors (Lipinski definition) is 3. The van der Waals surface area contributed by atoms with E-state index in [9.17, 15) is 10.2 Å². The second-order valence-corrected chi connectivity index (χ2v) is 5.38. The molecule has 0 aromatic heterocycles. The number of anilines is 1. The summed E-state index contributed by atoms with van der Waals surface area (Å²) in [7, 11) is 0. The highest BCUT2D eigenvalue weighted by Gasteiger charge is 2.24. The molecule has 18 heavy (non-hydrogen) atoms. The Morgan fingerprint density at radius 1 is 1.39 bits per heavy atom. The maximum atomic E-state index is 9.60. The van der Waals surface area contributed by atoms with Crippen LogP contribution in [0.3, 0.4) is 0 Å². The Labute approximate surface area is 113 Å². The van der Waals surface area contributed by atoms with E-state index in [1.165, 1.54) is 0 Å². The van der Waals surface area contributed by atoms with Crippen molar-refractivity contribution < 1.29 is 10.2 Å². The van der Waals surface area contributed by atoms with Crippen molar-refractivity contribution in [3.8, 4) is 0 Å². The van der Waals surface area contributed by atoms with Crippen LogP contribution in [-0.2, 0) is 6.61 Å². The van der Waals surface area contributed by atoms with Crippen molar-refractivity contribution >= 4 is 17.3 Å². The largest absolute Gasteiger partial charge is 0.393 e. The zero-order chi connectivity index (χ0) is 13.1. The molecule has 1 heterocycles. The first-order chi connectivity index (χ1) is 8.63. The van der Waals surface area contributed by atoms with Crippen LogP contribution in [0.2, 0.25) is 5.02 Å². The third-order valence-corrected chi connectivity index (χ3v) is 4.08. The van der Waals surface area contributed by atoms with Gasteiger partial charge < -0.3 is 15.1 Å². The van der Waals surface area contributed by atoms with E-state index in [-0.39, 0.29) is 12.7 Å². The summed E-state index contributed by atoms with van der Waals surface area (Å²) in [5.74, 6) is 0.376. The third-order valence-electron chi connectivity index (χ3n) is 3.78. The molecule has 0 aliphatic carbocycles. The number of piperidine rings is 1. The quantitative estimate of drug-likeness (QED) is 0.886. The average molecular weight is 270 g/mol. The molecule has 2 rings (SSSR count). The number of aliphatic hydroxyl groups excluding tert-OH is 2. The van der Waals surface area contributed by atoms with E-state index in [4.69, 9.17) is 11.6 Å². The summed E-state index contributed by atoms with van der Waals surface area (Å²) < 4.78 is 0. The van der Waals surface area contributed by atoms with Gasteiger partial charge in [-0.05, 0) is 31.7 Å². The monoisotopic (exact) mass is 269 g/mol. The summed E-state index contributed by atoms with van der Waals surface area (Å²) in [6, 6.07) is 5.62. The van der Waals surface area contributed by atoms with Gasteiger partial charge in [-0.1, -0.05) is 23.7 Å². The van der Waals surface area contributed by atoms with Gasteiger partial charge in [0.05, 0.1) is 23.4 Å². The molecule has 1 aliphatic heterocycles. The maximum absolute atomic E-state index is 9.60. The molecule has 1 unspecified atom stereocenters. The molecular formula is C14H20ClNO2. The lowest BCUT2D eigenvalue weighted by atomic mass is 9.91. The van der Waals surface area contributed by atoms with Gasteiger partial charge in [-0.3, -0.25) is 0 Å². The van der Waals surface area contributed by atoms with Gasteiger partial charge in [-0.2, -0.15) is 0 Å². The Bertz CT molecular complexity index is 401. The highest BCUT2D eigenvalue weighted by atomic mass is 35.5. The molecule has 100 valence electrons. The molecule has 1 aliphatic rings. The molecule has 1 atom stereocenters. The minimum Gasteiger partial charge on any atom is -0.393 e. The number of nitrogens with zero attached hydrogens (tertiary/aromatic N) is 1. The number of aliphatic hydroxyl groups is 2. The van der Waals surface area contributed by atoms with E-state index in [2.05, 4.69) is 4.90 Å². The van der Waals surface area contributed by atoms with Crippen LogP contribution in [0.15, 0.2) is 18.2 Å². The van der Waals surface area contributed by atoms with Crippen molar-refractivity contribution in [3.05, 3.63) is 28.8 Å². The van der Waals surface area contributed by atoms with Crippen LogP contribution < -0.4 is 4.90 Å². The van der Waals surface area contributed by atoms with Crippen LogP contribution in [0, 0.1) is 5.92 Å². The van der Waals surface area contributed by atoms with E-state index in [0.29, 0.717) is 10.9 Å². The van der Waals surface area contributed by atoms with Crippen molar-refractivity contribution in [2.24, 2.45) is 5.92 Å². The molecule has 3 nitrogen and oxygen atoms in total. The smallest absolute Gasteiger partial charge is 0.0702 e. The van der Waals surface area contributed by atoms with Crippen LogP contribution in [0.1, 0.15) is 25.3 Å². The second kappa shape index (κ2) is 5.91. The van der Waals surface area contributed by atoms with Crippen LogP contribution in [0.25, 0.3) is 0 Å². The standard InChI is InChI=1S/C14H20ClNO2/c1-10(18)11-5-7-16(8-6-11)14-12(9-17)3-2-4-13(14)15/h2-4,10-11,17-18H,5-9H2,1H3. The van der Waals surface area contributed by atoms with Gasteiger partial charge in [-0.25, -0.2) is 0 Å². The van der Waals surface area contributed by atoms with Gasteiger partial charge in [0, 0.05) is 18.7 Å². The Balaban J connectivity index is 2.14. The average Bonchev–Trinajstić information content (AvgIpc) is 2.38. The van der Waals surface area contributed by atoms with Crippen molar-refractivity contribution in [2.75, 3.05) is 18.0 Å². The zero-order valence-corrected chi connectivity index (χ0v) is 11.4. The molecule has 1 saturated heterocycles. The van der Waals surface area contributed by atoms with Gasteiger partial charge in [0.25, 0.3) is 0 Å². The number of halogens is 1. The summed E-state index contributed by atoms with van der Waals surface area (Å²) in [6.07, 6.45) is 1.69. The predicted octanol–water partition coefficient (Wildman–Crippen LogP) is 2.43. The molecular weight excluding hydrogens is 250 g/mol. The van der Waals surface area contributed by atoms with E-state index in [1.54, 1.807) is 0 Å². The fourth-order valence-electron chi connectivity index (χ4n) is 2.65. The normalized spacial score (nSPS) is 19.0. The van der Waals surface area contributed by atoms with Crippen LogP contribution in [0.4, 0.5) is 5.69 Å². The SMILES string of the molecule is CC(O)C1CCN(c2c(Cl)cccc2CO)CC1. The van der Waals surface area contributed by atoms with Gasteiger partial charge in [0.1, 0.15) is 0 Å². The summed E-state index contributed by atoms with van der Waals surface area (Å²) in [5.41, 5.74) is 1.82. The second-order valence-electron chi connectivity index (χ2n) is 4.97. The number of hydrogen-bond donors (Lipinski definition) is 2. The number of para-hydroxylation sites is 1. The molecule has 1 aromatic rings. The molecule has 1 aromatic carbocycles. The van der Waals surface area contributed by atoms with Gasteiger partial charge in [0.15, 0.2) is 0 Å². The van der Waals surface area contributed by atoms with Gasteiger partial charge in [-0.15, -0.1) is 0 Å². The summed E-state index contributed by atoms with van der Waals surface area (Å²) in [4.78, 5) is 2.22. The number of rotatable bonds is 3. The molecule has 4 heteroatoms. The predicted molar refractivity (Wildman–Crippen MR) is 74.0 cm³/mol. The van der Waals surface area contributed by atoms with Crippen LogP contribution in [0.5, 0.6) is 0 Å². The van der Waals surface area contributed by atoms with E-state index < -0.39 is 0 Å². The van der Waals surface area contributed by atoms with Crippen LogP contribution in [-0.4, -0.2) is 29.4 Å². The molecule has 0 saturated carbocycles. The first-order valence-corrected chi connectivity index (χ1v) is 6.82. The first-order valence-electron chi connectivity index (χ1n) is 6.44. The molecule has 1 fully saturated rings. The van der Waals surface area contributed by atoms with Gasteiger partial charge >= 0.3 is 0 Å². The Kier molecular flexibility index (Phi) is 4.49. The Morgan fingerprint density at radius 2 is 2.06 bits per heavy atom. The minimum absolute atomic E-state index is 0.00618. The van der Waals surface area contributed by atoms with Crippen molar-refractivity contribution in [1.29, 1.82) is 0 Å². The zero-order valence-electron chi connectivity index (χ0n) is 10.6.